The summed E-state index contributed by atoms with van der Waals surface area (Å²) in [5, 5.41) is 13.7. The van der Waals surface area contributed by atoms with Crippen molar-refractivity contribution in [3.05, 3.63) is 97.1 Å². The van der Waals surface area contributed by atoms with Gasteiger partial charge in [0.05, 0.1) is 50.3 Å². The largest absolute Gasteiger partial charge is 0.455 e. The number of benzene rings is 2. The monoisotopic (exact) mass is 714 g/mol. The lowest BCUT2D eigenvalue weighted by Gasteiger charge is -2.40. The number of ether oxygens (including phenoxy) is 3. The van der Waals surface area contributed by atoms with Crippen molar-refractivity contribution in [2.75, 3.05) is 59.1 Å². The first-order valence-electron chi connectivity index (χ1n) is 18.3. The molecule has 7 atom stereocenters. The van der Waals surface area contributed by atoms with E-state index < -0.39 is 60.2 Å². The van der Waals surface area contributed by atoms with Gasteiger partial charge in [-0.1, -0.05) is 72.8 Å². The first kappa shape index (κ1) is 37.4. The summed E-state index contributed by atoms with van der Waals surface area (Å²) in [7, 11) is 0. The zero-order valence-corrected chi connectivity index (χ0v) is 29.6. The first-order chi connectivity index (χ1) is 25.3. The molecular weight excluding hydrogens is 664 g/mol. The van der Waals surface area contributed by atoms with Gasteiger partial charge in [-0.3, -0.25) is 24.1 Å². The predicted molar refractivity (Wildman–Crippen MR) is 192 cm³/mol. The number of carbonyl (C=O) groups excluding carboxylic acids is 4. The average Bonchev–Trinajstić information content (AvgIpc) is 3.83. The fraction of sp³-hybridized carbons (Fsp3) is 0.500. The minimum Gasteiger partial charge on any atom is -0.455 e. The molecule has 0 aliphatic carbocycles. The third-order valence-corrected chi connectivity index (χ3v) is 10.9. The van der Waals surface area contributed by atoms with Crippen molar-refractivity contribution >= 4 is 23.7 Å². The van der Waals surface area contributed by atoms with Crippen molar-refractivity contribution < 1.29 is 38.5 Å². The molecule has 278 valence electrons. The Morgan fingerprint density at radius 2 is 1.73 bits per heavy atom. The lowest BCUT2D eigenvalue weighted by molar-refractivity contribution is -0.161. The molecule has 4 aliphatic rings. The van der Waals surface area contributed by atoms with Gasteiger partial charge in [-0.2, -0.15) is 0 Å². The van der Waals surface area contributed by atoms with Crippen LogP contribution in [0.4, 0.5) is 0 Å². The summed E-state index contributed by atoms with van der Waals surface area (Å²) < 4.78 is 18.4. The molecule has 2 N–H and O–H groups in total. The third-order valence-electron chi connectivity index (χ3n) is 10.9. The number of hydrogen-bond donors (Lipinski definition) is 2. The lowest BCUT2D eigenvalue weighted by Crippen LogP contribution is -2.58. The van der Waals surface area contributed by atoms with Crippen molar-refractivity contribution in [2.45, 2.75) is 55.6 Å². The van der Waals surface area contributed by atoms with E-state index in [9.17, 15) is 24.3 Å². The van der Waals surface area contributed by atoms with Gasteiger partial charge in [0.15, 0.2) is 0 Å². The zero-order chi connectivity index (χ0) is 36.7. The predicted octanol–water partition coefficient (Wildman–Crippen LogP) is 2.81. The van der Waals surface area contributed by atoms with Crippen LogP contribution in [0.3, 0.4) is 0 Å². The van der Waals surface area contributed by atoms with Crippen molar-refractivity contribution in [3.63, 3.8) is 0 Å². The van der Waals surface area contributed by atoms with Crippen LogP contribution in [0.1, 0.15) is 49.0 Å². The second-order valence-corrected chi connectivity index (χ2v) is 13.9. The summed E-state index contributed by atoms with van der Waals surface area (Å²) in [5.41, 5.74) is 0.0570. The molecule has 2 aromatic carbocycles. The van der Waals surface area contributed by atoms with Crippen molar-refractivity contribution in [1.82, 2.24) is 20.0 Å². The summed E-state index contributed by atoms with van der Waals surface area (Å²) in [4.78, 5) is 62.1. The highest BCUT2D eigenvalue weighted by atomic mass is 16.6. The topological polar surface area (TPSA) is 138 Å². The molecule has 2 bridgehead atoms. The standard InChI is InChI=1S/C40H50N4O8/c1-3-5-16-33(46)41-26-32(29-14-10-7-11-15-29)51-39(49)34-31-17-18-40(52-31)35(34)37(47)44(30(27-45)28-12-8-6-9-13-28)36(40)38(48)43(19-4-2)21-20-42-22-24-50-25-23-42/h3-4,6-15,30-32,34-36,45H,1-2,5,16-27H2,(H,41,46)/t30-,31+,32+,34-,35-,36+,40-/m1/s1. The van der Waals surface area contributed by atoms with Gasteiger partial charge >= 0.3 is 5.97 Å². The molecule has 52 heavy (non-hydrogen) atoms. The Kier molecular flexibility index (Phi) is 12.2. The molecule has 1 spiro atoms. The second-order valence-electron chi connectivity index (χ2n) is 13.9. The van der Waals surface area contributed by atoms with E-state index in [1.165, 1.54) is 4.90 Å². The molecule has 2 aromatic rings. The maximum Gasteiger partial charge on any atom is 0.313 e. The van der Waals surface area contributed by atoms with Gasteiger partial charge in [0, 0.05) is 39.1 Å². The summed E-state index contributed by atoms with van der Waals surface area (Å²) in [5.74, 6) is -3.54. The molecule has 3 amide bonds. The molecular formula is C40H50N4O8. The number of morpholine rings is 1. The van der Waals surface area contributed by atoms with E-state index in [0.717, 1.165) is 13.1 Å². The molecule has 4 fully saturated rings. The molecule has 6 rings (SSSR count). The number of aliphatic hydroxyl groups excluding tert-OH is 1. The van der Waals surface area contributed by atoms with Gasteiger partial charge in [-0.15, -0.1) is 13.2 Å². The molecule has 12 heteroatoms. The number of hydrogen-bond acceptors (Lipinski definition) is 9. The third kappa shape index (κ3) is 7.57. The van der Waals surface area contributed by atoms with E-state index in [1.54, 1.807) is 17.1 Å². The molecule has 12 nitrogen and oxygen atoms in total. The quantitative estimate of drug-likeness (QED) is 0.187. The van der Waals surface area contributed by atoms with E-state index >= 15 is 0 Å². The van der Waals surface area contributed by atoms with Crippen LogP contribution < -0.4 is 5.32 Å². The molecule has 4 aliphatic heterocycles. The van der Waals surface area contributed by atoms with Crippen LogP contribution in [-0.4, -0.2) is 120 Å². The van der Waals surface area contributed by atoms with Crippen molar-refractivity contribution in [3.8, 4) is 0 Å². The van der Waals surface area contributed by atoms with Crippen LogP contribution in [0.5, 0.6) is 0 Å². The van der Waals surface area contributed by atoms with Gasteiger partial charge in [-0.25, -0.2) is 0 Å². The molecule has 0 radical (unpaired) electrons. The summed E-state index contributed by atoms with van der Waals surface area (Å²) in [6.45, 7) is 11.2. The van der Waals surface area contributed by atoms with Crippen LogP contribution in [0.25, 0.3) is 0 Å². The Labute approximate surface area is 305 Å². The fourth-order valence-electron chi connectivity index (χ4n) is 8.35. The number of amides is 3. The van der Waals surface area contributed by atoms with Crippen LogP contribution in [-0.2, 0) is 33.4 Å². The summed E-state index contributed by atoms with van der Waals surface area (Å²) in [6.07, 6.45) is 3.50. The van der Waals surface area contributed by atoms with Gasteiger partial charge in [0.2, 0.25) is 17.7 Å². The number of allylic oxidation sites excluding steroid dienone is 1. The highest BCUT2D eigenvalue weighted by Crippen LogP contribution is 2.60. The van der Waals surface area contributed by atoms with Gasteiger partial charge < -0.3 is 34.4 Å². The number of likely N-dealkylation sites (tertiary alicyclic amines) is 1. The van der Waals surface area contributed by atoms with Crippen LogP contribution >= 0.6 is 0 Å². The number of nitrogens with zero attached hydrogens (tertiary/aromatic N) is 3. The zero-order valence-electron chi connectivity index (χ0n) is 29.6. The van der Waals surface area contributed by atoms with E-state index in [2.05, 4.69) is 23.4 Å². The normalized spacial score (nSPS) is 26.3. The Bertz CT molecular complexity index is 1580. The number of rotatable bonds is 17. The van der Waals surface area contributed by atoms with Crippen molar-refractivity contribution in [1.29, 1.82) is 0 Å². The Morgan fingerprint density at radius 1 is 1.04 bits per heavy atom. The highest BCUT2D eigenvalue weighted by Gasteiger charge is 2.75. The molecule has 0 aromatic heterocycles. The number of carbonyl (C=O) groups is 4. The maximum absolute atomic E-state index is 14.9. The van der Waals surface area contributed by atoms with Crippen LogP contribution in [0.2, 0.25) is 0 Å². The SMILES string of the molecule is C=CCCC(=O)NC[C@H](OC(=O)[C@@H]1[C@@H]2CC[C@]3(O2)[C@H](C(=O)N(CC=C)CCN2CCOCC2)N([C@H](CO)c2ccccc2)C(=O)[C@@H]13)c1ccccc1. The van der Waals surface area contributed by atoms with Gasteiger partial charge in [0.1, 0.15) is 17.7 Å². The minimum absolute atomic E-state index is 0.0429. The minimum atomic E-state index is -1.30. The van der Waals surface area contributed by atoms with Crippen molar-refractivity contribution in [2.24, 2.45) is 11.8 Å². The fourth-order valence-corrected chi connectivity index (χ4v) is 8.35. The average molecular weight is 715 g/mol. The number of aliphatic hydroxyl groups is 1. The highest BCUT2D eigenvalue weighted by molar-refractivity contribution is 5.98. The molecule has 0 unspecified atom stereocenters. The van der Waals surface area contributed by atoms with E-state index in [1.807, 2.05) is 60.7 Å². The van der Waals surface area contributed by atoms with E-state index in [-0.39, 0.29) is 31.3 Å². The van der Waals surface area contributed by atoms with E-state index in [4.69, 9.17) is 14.2 Å². The summed E-state index contributed by atoms with van der Waals surface area (Å²) in [6, 6.07) is 16.3. The number of nitrogens with one attached hydrogen (secondary N) is 1. The van der Waals surface area contributed by atoms with Crippen LogP contribution in [0, 0.1) is 11.8 Å². The lowest BCUT2D eigenvalue weighted by atomic mass is 9.70. The number of fused-ring (bicyclic) bond motifs is 1. The molecule has 4 saturated heterocycles. The van der Waals surface area contributed by atoms with Gasteiger partial charge in [-0.05, 0) is 30.4 Å². The van der Waals surface area contributed by atoms with Gasteiger partial charge in [0.25, 0.3) is 0 Å². The maximum atomic E-state index is 14.9. The Balaban J connectivity index is 1.32. The van der Waals surface area contributed by atoms with Crippen LogP contribution in [0.15, 0.2) is 86.0 Å². The smallest absolute Gasteiger partial charge is 0.313 e. The number of esters is 1. The van der Waals surface area contributed by atoms with E-state index in [0.29, 0.717) is 56.7 Å². The summed E-state index contributed by atoms with van der Waals surface area (Å²) >= 11 is 0. The molecule has 4 heterocycles. The molecule has 0 saturated carbocycles. The Morgan fingerprint density at radius 3 is 2.38 bits per heavy atom. The first-order valence-corrected chi connectivity index (χ1v) is 18.3. The second kappa shape index (κ2) is 17.0. The Hall–Kier alpha value is -4.36.